The van der Waals surface area contributed by atoms with E-state index < -0.39 is 16.0 Å². The number of benzene rings is 3. The summed E-state index contributed by atoms with van der Waals surface area (Å²) in [5, 5.41) is 10.5. The van der Waals surface area contributed by atoms with Crippen molar-refractivity contribution < 1.29 is 36.6 Å². The van der Waals surface area contributed by atoms with Crippen LogP contribution in [-0.2, 0) is 14.8 Å². The molecule has 0 atom stereocenters. The second-order valence-electron chi connectivity index (χ2n) is 9.20. The maximum Gasteiger partial charge on any atom is 0.340 e. The maximum absolute atomic E-state index is 13.2. The van der Waals surface area contributed by atoms with Crippen LogP contribution in [0.2, 0.25) is 0 Å². The zero-order valence-corrected chi connectivity index (χ0v) is 21.6. The van der Waals surface area contributed by atoms with Gasteiger partial charge in [-0.2, -0.15) is 0 Å². The largest absolute Gasteiger partial charge is 0.478 e. The van der Waals surface area contributed by atoms with Gasteiger partial charge in [0.15, 0.2) is 0 Å². The molecule has 8 nitrogen and oxygen atoms in total. The Morgan fingerprint density at radius 2 is 1.71 bits per heavy atom. The monoisotopic (exact) mass is 539 g/mol. The summed E-state index contributed by atoms with van der Waals surface area (Å²) in [5.41, 5.74) is 2.04. The maximum atomic E-state index is 13.2. The Balaban J connectivity index is 1.58. The summed E-state index contributed by atoms with van der Waals surface area (Å²) in [6.45, 7) is 0.320. The topological polar surface area (TPSA) is 106 Å². The predicted molar refractivity (Wildman–Crippen MR) is 141 cm³/mol. The average Bonchev–Trinajstić information content (AvgIpc) is 3.65. The van der Waals surface area contributed by atoms with Crippen molar-refractivity contribution in [3.8, 4) is 22.8 Å². The molecule has 198 valence electrons. The van der Waals surface area contributed by atoms with Crippen molar-refractivity contribution >= 4 is 32.6 Å². The number of hydrogen-bond acceptors (Lipinski definition) is 6. The summed E-state index contributed by atoms with van der Waals surface area (Å²) in [5.74, 6) is -0.289. The quantitative estimate of drug-likeness (QED) is 0.263. The number of fused-ring (bicyclic) bond motifs is 1. The van der Waals surface area contributed by atoms with Crippen LogP contribution in [0.3, 0.4) is 0 Å². The number of carboxylic acids is 1. The van der Waals surface area contributed by atoms with E-state index in [-0.39, 0.29) is 41.8 Å². The molecule has 1 heterocycles. The lowest BCUT2D eigenvalue weighted by atomic mass is 10.0. The number of carboxylic acid groups (broad SMARTS) is 1. The Bertz CT molecular complexity index is 1590. The van der Waals surface area contributed by atoms with Gasteiger partial charge in [-0.15, -0.1) is 0 Å². The molecule has 0 spiro atoms. The number of nitrogens with zero attached hydrogens (tertiary/aromatic N) is 1. The number of sulfonamides is 1. The van der Waals surface area contributed by atoms with E-state index in [0.717, 1.165) is 24.7 Å². The molecule has 0 saturated heterocycles. The number of furan rings is 1. The van der Waals surface area contributed by atoms with Gasteiger partial charge >= 0.3 is 5.97 Å². The zero-order chi connectivity index (χ0) is 27.0. The highest BCUT2D eigenvalue weighted by molar-refractivity contribution is 7.92. The number of halogens is 1. The predicted octanol–water partition coefficient (Wildman–Crippen LogP) is 6.02. The average molecular weight is 540 g/mol. The number of ether oxygens (including phenoxy) is 2. The summed E-state index contributed by atoms with van der Waals surface area (Å²) in [6.07, 6.45) is 2.92. The van der Waals surface area contributed by atoms with E-state index in [9.17, 15) is 22.7 Å². The molecule has 4 aromatic rings. The van der Waals surface area contributed by atoms with Crippen molar-refractivity contribution in [2.75, 3.05) is 30.8 Å². The van der Waals surface area contributed by atoms with Gasteiger partial charge in [0.1, 0.15) is 34.2 Å². The number of methoxy groups -OCH3 is 1. The first-order chi connectivity index (χ1) is 18.2. The number of carbonyl (C=O) groups is 1. The number of rotatable bonds is 10. The highest BCUT2D eigenvalue weighted by Crippen LogP contribution is 2.48. The Morgan fingerprint density at radius 3 is 2.26 bits per heavy atom. The smallest absolute Gasteiger partial charge is 0.340 e. The van der Waals surface area contributed by atoms with Gasteiger partial charge in [-0.3, -0.25) is 4.31 Å². The molecular formula is C28H26FNO7S. The van der Waals surface area contributed by atoms with Gasteiger partial charge in [-0.25, -0.2) is 17.6 Å². The van der Waals surface area contributed by atoms with Crippen LogP contribution in [0.25, 0.3) is 22.3 Å². The molecule has 1 aliphatic rings. The normalized spacial score (nSPS) is 13.6. The van der Waals surface area contributed by atoms with E-state index in [0.29, 0.717) is 28.1 Å². The molecular weight excluding hydrogens is 513 g/mol. The molecule has 1 N–H and O–H groups in total. The van der Waals surface area contributed by atoms with Crippen LogP contribution in [0.5, 0.6) is 11.5 Å². The van der Waals surface area contributed by atoms with Gasteiger partial charge in [-0.1, -0.05) is 0 Å². The molecule has 1 aliphatic carbocycles. The van der Waals surface area contributed by atoms with E-state index in [1.165, 1.54) is 35.7 Å². The first kappa shape index (κ1) is 25.7. The van der Waals surface area contributed by atoms with E-state index in [1.807, 2.05) is 0 Å². The van der Waals surface area contributed by atoms with Gasteiger partial charge < -0.3 is 19.0 Å². The van der Waals surface area contributed by atoms with E-state index >= 15 is 0 Å². The molecule has 0 radical (unpaired) electrons. The summed E-state index contributed by atoms with van der Waals surface area (Å²) >= 11 is 0. The second-order valence-corrected chi connectivity index (χ2v) is 11.1. The van der Waals surface area contributed by atoms with Crippen molar-refractivity contribution in [3.63, 3.8) is 0 Å². The minimum atomic E-state index is -3.63. The Kier molecular flexibility index (Phi) is 6.85. The van der Waals surface area contributed by atoms with Crippen molar-refractivity contribution in [1.82, 2.24) is 0 Å². The van der Waals surface area contributed by atoms with Crippen molar-refractivity contribution in [2.24, 2.45) is 0 Å². The molecule has 1 saturated carbocycles. The summed E-state index contributed by atoms with van der Waals surface area (Å²) < 4.78 is 56.7. The summed E-state index contributed by atoms with van der Waals surface area (Å²) in [7, 11) is -2.13. The highest BCUT2D eigenvalue weighted by atomic mass is 32.2. The first-order valence-corrected chi connectivity index (χ1v) is 13.8. The number of aromatic carboxylic acids is 1. The first-order valence-electron chi connectivity index (χ1n) is 12.0. The van der Waals surface area contributed by atoms with Gasteiger partial charge in [0.05, 0.1) is 25.1 Å². The van der Waals surface area contributed by atoms with Crippen LogP contribution in [0.15, 0.2) is 65.1 Å². The minimum absolute atomic E-state index is 0.00319. The molecule has 0 aliphatic heterocycles. The Labute approximate surface area is 219 Å². The molecule has 3 aromatic carbocycles. The van der Waals surface area contributed by atoms with Crippen molar-refractivity contribution in [1.29, 1.82) is 0 Å². The van der Waals surface area contributed by atoms with E-state index in [4.69, 9.17) is 13.9 Å². The fraction of sp³-hybridized carbons (Fsp3) is 0.250. The molecule has 0 bridgehead atoms. The van der Waals surface area contributed by atoms with Gasteiger partial charge in [0.2, 0.25) is 10.0 Å². The van der Waals surface area contributed by atoms with Gasteiger partial charge in [0.25, 0.3) is 0 Å². The van der Waals surface area contributed by atoms with Crippen LogP contribution in [0.4, 0.5) is 10.1 Å². The molecule has 0 unspecified atom stereocenters. The third-order valence-corrected chi connectivity index (χ3v) is 7.58. The highest BCUT2D eigenvalue weighted by Gasteiger charge is 2.33. The molecule has 10 heteroatoms. The lowest BCUT2D eigenvalue weighted by molar-refractivity contribution is 0.0699. The number of hydrogen-bond donors (Lipinski definition) is 1. The SMILES string of the molecule is COCCN(c1cc2oc(-c3ccc(Oc4ccc(F)cc4)cc3)c(C(=O)O)c2cc1C1CC1)S(C)(=O)=O. The molecule has 1 aromatic heterocycles. The third-order valence-electron chi connectivity index (χ3n) is 6.40. The lowest BCUT2D eigenvalue weighted by Gasteiger charge is -2.24. The third kappa shape index (κ3) is 5.23. The number of anilines is 1. The molecule has 38 heavy (non-hydrogen) atoms. The van der Waals surface area contributed by atoms with Crippen LogP contribution >= 0.6 is 0 Å². The standard InChI is InChI=1S/C28H26FNO7S/c1-35-14-13-30(38(2,33)34)24-16-25-23(15-22(24)17-3-4-17)26(28(31)32)27(37-25)18-5-9-20(10-6-18)36-21-11-7-19(29)8-12-21/h5-12,15-17H,3-4,13-14H2,1-2H3,(H,31,32). The molecule has 5 rings (SSSR count). The molecule has 1 fully saturated rings. The van der Waals surface area contributed by atoms with Crippen LogP contribution in [0.1, 0.15) is 34.7 Å². The second kappa shape index (κ2) is 10.1. The van der Waals surface area contributed by atoms with Gasteiger partial charge in [0, 0.05) is 24.1 Å². The summed E-state index contributed by atoms with van der Waals surface area (Å²) in [6, 6.07) is 15.6. The van der Waals surface area contributed by atoms with Crippen molar-refractivity contribution in [3.05, 3.63) is 77.6 Å². The Morgan fingerprint density at radius 1 is 1.08 bits per heavy atom. The summed E-state index contributed by atoms with van der Waals surface area (Å²) in [4.78, 5) is 12.4. The Hall–Kier alpha value is -3.89. The van der Waals surface area contributed by atoms with Crippen LogP contribution < -0.4 is 9.04 Å². The van der Waals surface area contributed by atoms with E-state index in [2.05, 4.69) is 0 Å². The minimum Gasteiger partial charge on any atom is -0.478 e. The van der Waals surface area contributed by atoms with Gasteiger partial charge in [-0.05, 0) is 78.9 Å². The molecule has 0 amide bonds. The lowest BCUT2D eigenvalue weighted by Crippen LogP contribution is -2.33. The van der Waals surface area contributed by atoms with Crippen LogP contribution in [0, 0.1) is 5.82 Å². The van der Waals surface area contributed by atoms with Crippen molar-refractivity contribution in [2.45, 2.75) is 18.8 Å². The zero-order valence-electron chi connectivity index (χ0n) is 20.8. The fourth-order valence-corrected chi connectivity index (χ4v) is 5.38. The fourth-order valence-electron chi connectivity index (χ4n) is 4.45. The van der Waals surface area contributed by atoms with E-state index in [1.54, 1.807) is 36.4 Å². The van der Waals surface area contributed by atoms with Crippen LogP contribution in [-0.4, -0.2) is 46.0 Å².